The van der Waals surface area contributed by atoms with E-state index >= 15 is 0 Å². The molecule has 0 spiro atoms. The number of hydrogen-bond acceptors (Lipinski definition) is 4. The van der Waals surface area contributed by atoms with Crippen LogP contribution >= 0.6 is 0 Å². The van der Waals surface area contributed by atoms with Crippen LogP contribution in [0, 0.1) is 0 Å². The van der Waals surface area contributed by atoms with E-state index in [1.807, 2.05) is 29.1 Å². The van der Waals surface area contributed by atoms with E-state index in [1.54, 1.807) is 20.4 Å². The van der Waals surface area contributed by atoms with Crippen LogP contribution in [-0.4, -0.2) is 37.1 Å². The fourth-order valence-electron chi connectivity index (χ4n) is 2.02. The second kappa shape index (κ2) is 7.55. The molecule has 0 atom stereocenters. The molecule has 1 N–H and O–H groups in total. The molecule has 2 aromatic rings. The average Bonchev–Trinajstić information content (AvgIpc) is 3.00. The summed E-state index contributed by atoms with van der Waals surface area (Å²) in [6.45, 7) is 2.73. The van der Waals surface area contributed by atoms with Gasteiger partial charge in [0.05, 0.1) is 20.8 Å². The summed E-state index contributed by atoms with van der Waals surface area (Å²) in [4.78, 5) is 0. The third-order valence-corrected chi connectivity index (χ3v) is 3.12. The van der Waals surface area contributed by atoms with E-state index < -0.39 is 0 Å². The second-order valence-corrected chi connectivity index (χ2v) is 4.46. The molecule has 0 aliphatic rings. The minimum absolute atomic E-state index is 0.767. The van der Waals surface area contributed by atoms with E-state index in [2.05, 4.69) is 16.5 Å². The van der Waals surface area contributed by atoms with Crippen LogP contribution in [0.3, 0.4) is 0 Å². The Morgan fingerprint density at radius 3 is 2.70 bits per heavy atom. The van der Waals surface area contributed by atoms with Crippen molar-refractivity contribution in [2.24, 2.45) is 0 Å². The molecule has 1 aromatic carbocycles. The zero-order chi connectivity index (χ0) is 14.2. The van der Waals surface area contributed by atoms with Gasteiger partial charge in [-0.3, -0.25) is 4.68 Å². The van der Waals surface area contributed by atoms with Gasteiger partial charge >= 0.3 is 0 Å². The number of nitrogens with zero attached hydrogens (tertiary/aromatic N) is 2. The Morgan fingerprint density at radius 1 is 1.15 bits per heavy atom. The average molecular weight is 275 g/mol. The molecule has 0 aliphatic carbocycles. The molecule has 1 aromatic heterocycles. The van der Waals surface area contributed by atoms with E-state index in [1.165, 1.54) is 5.56 Å². The van der Waals surface area contributed by atoms with Crippen molar-refractivity contribution in [3.8, 4) is 11.5 Å². The molecule has 5 nitrogen and oxygen atoms in total. The van der Waals surface area contributed by atoms with Crippen molar-refractivity contribution in [1.82, 2.24) is 15.1 Å². The first kappa shape index (κ1) is 14.4. The smallest absolute Gasteiger partial charge is 0.160 e. The van der Waals surface area contributed by atoms with Crippen molar-refractivity contribution >= 4 is 0 Å². The van der Waals surface area contributed by atoms with E-state index in [9.17, 15) is 0 Å². The zero-order valence-electron chi connectivity index (χ0n) is 12.0. The Bertz CT molecular complexity index is 512. The van der Waals surface area contributed by atoms with Gasteiger partial charge in [-0.1, -0.05) is 6.07 Å². The highest BCUT2D eigenvalue weighted by molar-refractivity contribution is 5.42. The van der Waals surface area contributed by atoms with Crippen molar-refractivity contribution < 1.29 is 9.47 Å². The van der Waals surface area contributed by atoms with Gasteiger partial charge in [0.1, 0.15) is 0 Å². The minimum Gasteiger partial charge on any atom is -0.493 e. The van der Waals surface area contributed by atoms with Gasteiger partial charge in [-0.05, 0) is 36.7 Å². The Balaban J connectivity index is 1.73. The molecule has 1 heterocycles. The Morgan fingerprint density at radius 2 is 2.00 bits per heavy atom. The summed E-state index contributed by atoms with van der Waals surface area (Å²) in [7, 11) is 3.30. The summed E-state index contributed by atoms with van der Waals surface area (Å²) in [5.41, 5.74) is 1.23. The lowest BCUT2D eigenvalue weighted by molar-refractivity contribution is 0.354. The van der Waals surface area contributed by atoms with Crippen LogP contribution < -0.4 is 14.8 Å². The second-order valence-electron chi connectivity index (χ2n) is 4.46. The van der Waals surface area contributed by atoms with Crippen LogP contribution in [0.1, 0.15) is 5.56 Å². The number of aromatic nitrogens is 2. The van der Waals surface area contributed by atoms with Crippen molar-refractivity contribution in [3.63, 3.8) is 0 Å². The predicted molar refractivity (Wildman–Crippen MR) is 78.3 cm³/mol. The fourth-order valence-corrected chi connectivity index (χ4v) is 2.02. The van der Waals surface area contributed by atoms with E-state index in [0.717, 1.165) is 37.6 Å². The molecule has 2 rings (SSSR count). The van der Waals surface area contributed by atoms with Crippen molar-refractivity contribution in [2.45, 2.75) is 13.0 Å². The van der Waals surface area contributed by atoms with E-state index in [4.69, 9.17) is 9.47 Å². The summed E-state index contributed by atoms with van der Waals surface area (Å²) >= 11 is 0. The molecule has 0 amide bonds. The van der Waals surface area contributed by atoms with Crippen LogP contribution in [-0.2, 0) is 13.0 Å². The summed E-state index contributed by atoms with van der Waals surface area (Å²) < 4.78 is 12.4. The van der Waals surface area contributed by atoms with Crippen molar-refractivity contribution in [2.75, 3.05) is 27.3 Å². The minimum atomic E-state index is 0.767. The van der Waals surface area contributed by atoms with Gasteiger partial charge in [-0.25, -0.2) is 0 Å². The molecular formula is C15H21N3O2. The number of hydrogen-bond donors (Lipinski definition) is 1. The van der Waals surface area contributed by atoms with Crippen LogP contribution in [0.15, 0.2) is 36.7 Å². The molecule has 0 radical (unpaired) electrons. The van der Waals surface area contributed by atoms with Gasteiger partial charge in [0.25, 0.3) is 0 Å². The quantitative estimate of drug-likeness (QED) is 0.745. The number of ether oxygens (including phenoxy) is 2. The summed E-state index contributed by atoms with van der Waals surface area (Å²) in [6.07, 6.45) is 4.72. The topological polar surface area (TPSA) is 48.3 Å². The Kier molecular flexibility index (Phi) is 5.43. The highest BCUT2D eigenvalue weighted by Gasteiger charge is 2.04. The first-order valence-corrected chi connectivity index (χ1v) is 6.72. The number of methoxy groups -OCH3 is 2. The third kappa shape index (κ3) is 3.99. The van der Waals surface area contributed by atoms with Gasteiger partial charge in [0, 0.05) is 18.9 Å². The molecule has 0 bridgehead atoms. The highest BCUT2D eigenvalue weighted by Crippen LogP contribution is 2.27. The SMILES string of the molecule is COc1ccc(CCNCCn2cccn2)cc1OC. The summed E-state index contributed by atoms with van der Waals surface area (Å²) in [5, 5.41) is 7.57. The van der Waals surface area contributed by atoms with Crippen molar-refractivity contribution in [1.29, 1.82) is 0 Å². The van der Waals surface area contributed by atoms with Gasteiger partial charge in [-0.2, -0.15) is 5.10 Å². The molecule has 0 unspecified atom stereocenters. The van der Waals surface area contributed by atoms with Crippen LogP contribution in [0.4, 0.5) is 0 Å². The van der Waals surface area contributed by atoms with Gasteiger partial charge in [0.2, 0.25) is 0 Å². The molecule has 20 heavy (non-hydrogen) atoms. The molecule has 108 valence electrons. The number of nitrogens with one attached hydrogen (secondary N) is 1. The molecule has 0 fully saturated rings. The maximum Gasteiger partial charge on any atom is 0.160 e. The van der Waals surface area contributed by atoms with Crippen LogP contribution in [0.5, 0.6) is 11.5 Å². The summed E-state index contributed by atoms with van der Waals surface area (Å²) in [5.74, 6) is 1.55. The van der Waals surface area contributed by atoms with E-state index in [0.29, 0.717) is 0 Å². The lowest BCUT2D eigenvalue weighted by Crippen LogP contribution is -2.22. The molecular weight excluding hydrogens is 254 g/mol. The standard InChI is InChI=1S/C15H21N3O2/c1-19-14-5-4-13(12-15(14)20-2)6-8-16-9-11-18-10-3-7-17-18/h3-5,7,10,12,16H,6,8-9,11H2,1-2H3. The molecule has 0 saturated heterocycles. The van der Waals surface area contributed by atoms with Gasteiger partial charge in [-0.15, -0.1) is 0 Å². The summed E-state index contributed by atoms with van der Waals surface area (Å²) in [6, 6.07) is 7.96. The first-order valence-electron chi connectivity index (χ1n) is 6.72. The molecule has 5 heteroatoms. The molecule has 0 aliphatic heterocycles. The highest BCUT2D eigenvalue weighted by atomic mass is 16.5. The van der Waals surface area contributed by atoms with Crippen LogP contribution in [0.2, 0.25) is 0 Å². The fraction of sp³-hybridized carbons (Fsp3) is 0.400. The number of rotatable bonds is 8. The lowest BCUT2D eigenvalue weighted by atomic mass is 10.1. The Labute approximate surface area is 119 Å². The zero-order valence-corrected chi connectivity index (χ0v) is 12.0. The molecule has 0 saturated carbocycles. The monoisotopic (exact) mass is 275 g/mol. The van der Waals surface area contributed by atoms with Gasteiger partial charge in [0.15, 0.2) is 11.5 Å². The van der Waals surface area contributed by atoms with Crippen molar-refractivity contribution in [3.05, 3.63) is 42.2 Å². The predicted octanol–water partition coefficient (Wildman–Crippen LogP) is 1.73. The maximum atomic E-state index is 5.30. The third-order valence-electron chi connectivity index (χ3n) is 3.12. The van der Waals surface area contributed by atoms with E-state index in [-0.39, 0.29) is 0 Å². The first-order chi connectivity index (χ1) is 9.83. The lowest BCUT2D eigenvalue weighted by Gasteiger charge is -2.10. The van der Waals surface area contributed by atoms with Crippen LogP contribution in [0.25, 0.3) is 0 Å². The maximum absolute atomic E-state index is 5.30. The normalized spacial score (nSPS) is 10.5. The largest absolute Gasteiger partial charge is 0.493 e. The number of benzene rings is 1. The van der Waals surface area contributed by atoms with Gasteiger partial charge < -0.3 is 14.8 Å². The Hall–Kier alpha value is -2.01.